The molecule has 0 heterocycles. The molecule has 0 aromatic heterocycles. The molecule has 60 heavy (non-hydrogen) atoms. The summed E-state index contributed by atoms with van der Waals surface area (Å²) in [5.74, 6) is 0. The minimum atomic E-state index is -1.83. The van der Waals surface area contributed by atoms with Gasteiger partial charge in [0.05, 0.1) is 0 Å². The van der Waals surface area contributed by atoms with E-state index >= 15 is 0 Å². The number of hydrogen-bond acceptors (Lipinski definition) is 1. The van der Waals surface area contributed by atoms with E-state index in [0.29, 0.717) is 0 Å². The van der Waals surface area contributed by atoms with Gasteiger partial charge in [0.25, 0.3) is 0 Å². The van der Waals surface area contributed by atoms with Crippen LogP contribution in [0.1, 0.15) is 4.28 Å². The molecule has 0 N–H and O–H groups in total. The molecule has 0 amide bonds. The third kappa shape index (κ3) is 13.6. The standard InChI is InChI=1S/2C18H15As.3C6H5.CH2O.Rh.Sb.3H/c2*1-4-10-16(11-5-1)19(17-12-6-2-7-13-17)18-14-8-3-9-15-18;3*1-2-4-6-5-3-1;1-2;;;;;/h2*1-15H;3*1-5H;1H2;;;;;/q;;;;;;+3;;3*-1. The van der Waals surface area contributed by atoms with E-state index < -0.39 is 49.5 Å². The topological polar surface area (TPSA) is 17.1 Å². The Hall–Kier alpha value is -4.79. The zero-order chi connectivity index (χ0) is 40.7. The van der Waals surface area contributed by atoms with Gasteiger partial charge >= 0.3 is 379 Å². The fourth-order valence-electron chi connectivity index (χ4n) is 6.54. The van der Waals surface area contributed by atoms with E-state index in [4.69, 9.17) is 4.79 Å². The van der Waals surface area contributed by atoms with Gasteiger partial charge in [0.1, 0.15) is 6.79 Å². The van der Waals surface area contributed by atoms with Crippen LogP contribution in [0, 0.1) is 0 Å². The number of carbonyl (C=O) groups excluding carboxylic acids is 1. The van der Waals surface area contributed by atoms with E-state index in [1.54, 1.807) is 0 Å². The summed E-state index contributed by atoms with van der Waals surface area (Å²) in [7, 11) is 0. The van der Waals surface area contributed by atoms with Crippen LogP contribution < -0.4 is 36.6 Å². The average Bonchev–Trinajstić information content (AvgIpc) is 3.34. The molecule has 0 fully saturated rings. The summed E-state index contributed by atoms with van der Waals surface area (Å²) in [5, 5.41) is 0. The molecular weight excluding hydrogens is 1050 g/mol. The van der Waals surface area contributed by atoms with Crippen molar-refractivity contribution in [2.75, 3.05) is 0 Å². The second-order valence-electron chi connectivity index (χ2n) is 13.0. The van der Waals surface area contributed by atoms with Gasteiger partial charge in [0.2, 0.25) is 0 Å². The maximum atomic E-state index is 8.00. The molecule has 5 heteroatoms. The van der Waals surface area contributed by atoms with E-state index in [9.17, 15) is 0 Å². The van der Waals surface area contributed by atoms with Gasteiger partial charge in [0, 0.05) is 0 Å². The van der Waals surface area contributed by atoms with Gasteiger partial charge in [-0.05, 0) is 0 Å². The van der Waals surface area contributed by atoms with Crippen molar-refractivity contribution in [3.8, 4) is 0 Å². The molecule has 0 atom stereocenters. The van der Waals surface area contributed by atoms with E-state index in [1.807, 2.05) is 6.79 Å². The molecule has 0 saturated heterocycles. The Kier molecular flexibility index (Phi) is 20.4. The Labute approximate surface area is 390 Å². The fraction of sp³-hybridized carbons (Fsp3) is 0. The Bertz CT molecular complexity index is 1910. The molecular formula is C55H50As2ORhSb. The summed E-state index contributed by atoms with van der Waals surface area (Å²) in [5.41, 5.74) is 0. The molecule has 9 aromatic rings. The third-order valence-electron chi connectivity index (χ3n) is 9.13. The van der Waals surface area contributed by atoms with Crippen molar-refractivity contribution in [1.29, 1.82) is 0 Å². The maximum absolute atomic E-state index is 8.00. The second kappa shape index (κ2) is 26.4. The van der Waals surface area contributed by atoms with Crippen LogP contribution in [0.25, 0.3) is 0 Å². The summed E-state index contributed by atoms with van der Waals surface area (Å²) >= 11 is -4.61. The number of carbonyl (C=O) groups is 1. The normalized spacial score (nSPS) is 10.1. The molecule has 0 unspecified atom stereocenters. The average molecular weight is 1100 g/mol. The zero-order valence-electron chi connectivity index (χ0n) is 36.3. The molecule has 0 bridgehead atoms. The monoisotopic (exact) mass is 1100 g/mol. The minimum absolute atomic E-state index is 0. The number of rotatable bonds is 9. The molecule has 9 aromatic carbocycles. The summed E-state index contributed by atoms with van der Waals surface area (Å²) in [4.78, 5) is 8.00. The number of hydrogen-bond donors (Lipinski definition) is 0. The van der Waals surface area contributed by atoms with Crippen LogP contribution in [-0.4, -0.2) is 56.3 Å². The third-order valence-corrected chi connectivity index (χ3v) is 26.4. The predicted octanol–water partition coefficient (Wildman–Crippen LogP) is 6.76. The van der Waals surface area contributed by atoms with E-state index in [0.717, 1.165) is 0 Å². The fourth-order valence-corrected chi connectivity index (χ4v) is 22.8. The van der Waals surface area contributed by atoms with Crippen molar-refractivity contribution in [2.45, 2.75) is 0 Å². The van der Waals surface area contributed by atoms with Gasteiger partial charge in [-0.25, -0.2) is 0 Å². The molecule has 0 spiro atoms. The second-order valence-corrected chi connectivity index (χ2v) is 28.7. The first-order valence-electron chi connectivity index (χ1n) is 19.5. The quantitative estimate of drug-likeness (QED) is 0.146. The number of benzene rings is 9. The van der Waals surface area contributed by atoms with E-state index in [-0.39, 0.29) is 23.8 Å². The van der Waals surface area contributed by atoms with Crippen molar-refractivity contribution in [3.05, 3.63) is 273 Å². The molecule has 300 valence electrons. The van der Waals surface area contributed by atoms with Crippen LogP contribution in [0.5, 0.6) is 0 Å². The molecule has 9 rings (SSSR count). The molecule has 0 aliphatic carbocycles. The van der Waals surface area contributed by atoms with Crippen LogP contribution in [0.4, 0.5) is 0 Å². The molecule has 1 nitrogen and oxygen atoms in total. The zero-order valence-corrected chi connectivity index (χ0v) is 41.2. The van der Waals surface area contributed by atoms with Crippen molar-refractivity contribution in [1.82, 2.24) is 0 Å². The molecule has 0 aliphatic rings. The van der Waals surface area contributed by atoms with Crippen LogP contribution in [-0.2, 0) is 24.3 Å². The van der Waals surface area contributed by atoms with Crippen LogP contribution in [0.15, 0.2) is 273 Å². The van der Waals surface area contributed by atoms with Crippen LogP contribution in [0.3, 0.4) is 0 Å². The van der Waals surface area contributed by atoms with Crippen molar-refractivity contribution < 1.29 is 28.6 Å². The van der Waals surface area contributed by atoms with Crippen molar-refractivity contribution in [2.24, 2.45) is 0 Å². The summed E-state index contributed by atoms with van der Waals surface area (Å²) < 4.78 is 13.4. The SMILES string of the molecule is C=O.[H-].[H-].[H-].[Rh+3].c1cc[c]([Sb]([c]2ccccc2)[c]2ccccc2)cc1.c1ccc([As](c2ccccc2)c2ccccc2)cc1.c1ccc([As](c2ccccc2)c2ccccc2)cc1. The first-order chi connectivity index (χ1) is 29.3. The van der Waals surface area contributed by atoms with Gasteiger partial charge in [-0.3, -0.25) is 0 Å². The Morgan fingerprint density at radius 3 is 0.533 bits per heavy atom. The van der Waals surface area contributed by atoms with Gasteiger partial charge in [-0.15, -0.1) is 0 Å². The molecule has 0 aliphatic heterocycles. The van der Waals surface area contributed by atoms with Crippen molar-refractivity contribution >= 4 is 92.9 Å². The Morgan fingerprint density at radius 1 is 0.250 bits per heavy atom. The van der Waals surface area contributed by atoms with Gasteiger partial charge in [0.15, 0.2) is 0 Å². The summed E-state index contributed by atoms with van der Waals surface area (Å²) in [6.07, 6.45) is 0. The Morgan fingerprint density at radius 2 is 0.383 bits per heavy atom. The van der Waals surface area contributed by atoms with E-state index in [2.05, 4.69) is 273 Å². The van der Waals surface area contributed by atoms with Crippen LogP contribution >= 0.6 is 0 Å². The first kappa shape index (κ1) is 46.3. The molecule has 0 radical (unpaired) electrons. The van der Waals surface area contributed by atoms with Gasteiger partial charge in [-0.1, -0.05) is 0 Å². The van der Waals surface area contributed by atoms with Crippen LogP contribution in [0.2, 0.25) is 0 Å². The van der Waals surface area contributed by atoms with Crippen molar-refractivity contribution in [3.63, 3.8) is 0 Å². The first-order valence-corrected chi connectivity index (χ1v) is 29.0. The van der Waals surface area contributed by atoms with E-state index in [1.165, 1.54) is 36.6 Å². The van der Waals surface area contributed by atoms with Gasteiger partial charge in [-0.2, -0.15) is 0 Å². The predicted molar refractivity (Wildman–Crippen MR) is 262 cm³/mol. The summed E-state index contributed by atoms with van der Waals surface area (Å²) in [6.45, 7) is 2.00. The molecule has 0 saturated carbocycles. The Balaban J connectivity index is 0.000000309. The summed E-state index contributed by atoms with van der Waals surface area (Å²) in [6, 6.07) is 98.3. The van der Waals surface area contributed by atoms with Gasteiger partial charge < -0.3 is 9.07 Å².